The predicted molar refractivity (Wildman–Crippen MR) is 240 cm³/mol. The Morgan fingerprint density at radius 2 is 1.69 bits per heavy atom. The second-order valence-corrected chi connectivity index (χ2v) is 19.8. The molecule has 0 aliphatic carbocycles. The van der Waals surface area contributed by atoms with Crippen LogP contribution in [0, 0.1) is 23.5 Å². The summed E-state index contributed by atoms with van der Waals surface area (Å²) in [6.45, 7) is 9.18. The van der Waals surface area contributed by atoms with Crippen LogP contribution in [-0.2, 0) is 19.8 Å². The van der Waals surface area contributed by atoms with E-state index in [2.05, 4.69) is 39.8 Å². The van der Waals surface area contributed by atoms with Gasteiger partial charge in [-0.15, -0.1) is 0 Å². The molecule has 18 nitrogen and oxygen atoms in total. The molecule has 67 heavy (non-hydrogen) atoms. The average Bonchev–Trinajstić information content (AvgIpc) is 4.15. The number of hydrogen-bond donors (Lipinski definition) is 3. The standard InChI is InChI=1S/C45H52F3N11O7S/c1-26(2)39(44(63)59-24-32(61)16-31(59)25-60)37-17-38(53-66-37)56-13-11-55(12-14-56)22-27-5-8-57(9-6-27)45-51-19-29(20-52-45)28-15-33-34(21-50-43(33)49-18-28)42(62)40-35(47)3-4-36(41(40)48)54-67(64,65)58-10-7-30(46)23-58/h3-4,15,17-21,25-27,30-32,39,54,61H,5-14,16,22-24H2,1-2H3,(H,49,50)/t30-,31+,32-,39-/m1/s1. The third kappa shape index (κ3) is 9.48. The number of aromatic nitrogens is 5. The number of halogens is 3. The lowest BCUT2D eigenvalue weighted by molar-refractivity contribution is -0.137. The zero-order valence-corrected chi connectivity index (χ0v) is 37.8. The van der Waals surface area contributed by atoms with Crippen molar-refractivity contribution in [1.82, 2.24) is 39.2 Å². The molecule has 0 bridgehead atoms. The van der Waals surface area contributed by atoms with E-state index in [1.807, 2.05) is 24.6 Å². The van der Waals surface area contributed by atoms with Crippen molar-refractivity contribution in [3.8, 4) is 11.1 Å². The summed E-state index contributed by atoms with van der Waals surface area (Å²) >= 11 is 0. The molecule has 9 rings (SSSR count). The molecule has 0 saturated carbocycles. The van der Waals surface area contributed by atoms with Crippen molar-refractivity contribution in [2.24, 2.45) is 11.8 Å². The van der Waals surface area contributed by atoms with E-state index >= 15 is 8.78 Å². The molecule has 0 unspecified atom stereocenters. The van der Waals surface area contributed by atoms with E-state index in [0.29, 0.717) is 34.6 Å². The van der Waals surface area contributed by atoms with Gasteiger partial charge in [0.2, 0.25) is 17.6 Å². The second-order valence-electron chi connectivity index (χ2n) is 18.2. The minimum absolute atomic E-state index is 0.00589. The minimum atomic E-state index is -4.37. The lowest BCUT2D eigenvalue weighted by atomic mass is 9.91. The Balaban J connectivity index is 0.782. The number of carbonyl (C=O) groups excluding carboxylic acids is 3. The molecule has 22 heteroatoms. The third-order valence-corrected chi connectivity index (χ3v) is 14.9. The van der Waals surface area contributed by atoms with Gasteiger partial charge in [-0.25, -0.2) is 28.1 Å². The number of fused-ring (bicyclic) bond motifs is 1. The van der Waals surface area contributed by atoms with E-state index in [1.165, 1.54) is 11.1 Å². The van der Waals surface area contributed by atoms with E-state index in [1.54, 1.807) is 24.7 Å². The summed E-state index contributed by atoms with van der Waals surface area (Å²) in [4.78, 5) is 63.7. The molecule has 5 aromatic rings. The fourth-order valence-electron chi connectivity index (χ4n) is 9.62. The summed E-state index contributed by atoms with van der Waals surface area (Å²) in [5.41, 5.74) is -0.257. The largest absolute Gasteiger partial charge is 0.391 e. The third-order valence-electron chi connectivity index (χ3n) is 13.4. The number of pyridine rings is 1. The molecular formula is C45H52F3N11O7S. The summed E-state index contributed by atoms with van der Waals surface area (Å²) in [6, 6.07) is 4.49. The maximum atomic E-state index is 15.8. The number of aliphatic hydroxyl groups is 1. The minimum Gasteiger partial charge on any atom is -0.391 e. The number of piperazine rings is 1. The number of aromatic amines is 1. The molecule has 4 aromatic heterocycles. The molecule has 0 spiro atoms. The molecule has 0 radical (unpaired) electrons. The van der Waals surface area contributed by atoms with Crippen molar-refractivity contribution >= 4 is 56.7 Å². The van der Waals surface area contributed by atoms with Crippen LogP contribution < -0.4 is 14.5 Å². The lowest BCUT2D eigenvalue weighted by Crippen LogP contribution is -2.49. The number of alkyl halides is 1. The number of ketones is 1. The van der Waals surface area contributed by atoms with E-state index in [-0.39, 0.29) is 54.4 Å². The Kier molecular flexibility index (Phi) is 13.1. The van der Waals surface area contributed by atoms with Crippen LogP contribution in [0.15, 0.2) is 53.6 Å². The van der Waals surface area contributed by atoms with Gasteiger partial charge in [-0.3, -0.25) is 19.2 Å². The van der Waals surface area contributed by atoms with Gasteiger partial charge in [0, 0.05) is 125 Å². The first-order chi connectivity index (χ1) is 32.2. The number of piperidine rings is 1. The summed E-state index contributed by atoms with van der Waals surface area (Å²) < 4.78 is 78.8. The summed E-state index contributed by atoms with van der Waals surface area (Å²) in [5, 5.41) is 14.7. The predicted octanol–water partition coefficient (Wildman–Crippen LogP) is 4.16. The number of aldehydes is 1. The Hall–Kier alpha value is -5.97. The van der Waals surface area contributed by atoms with Gasteiger partial charge in [-0.05, 0) is 49.3 Å². The van der Waals surface area contributed by atoms with Crippen molar-refractivity contribution in [3.05, 3.63) is 77.6 Å². The van der Waals surface area contributed by atoms with Gasteiger partial charge in [-0.2, -0.15) is 12.7 Å². The number of hydrogen-bond acceptors (Lipinski definition) is 14. The fourth-order valence-corrected chi connectivity index (χ4v) is 10.9. The molecule has 4 fully saturated rings. The smallest absolute Gasteiger partial charge is 0.301 e. The van der Waals surface area contributed by atoms with Crippen molar-refractivity contribution in [1.29, 1.82) is 0 Å². The number of anilines is 3. The van der Waals surface area contributed by atoms with Crippen molar-refractivity contribution < 1.29 is 45.6 Å². The second kappa shape index (κ2) is 19.0. The highest BCUT2D eigenvalue weighted by molar-refractivity contribution is 7.90. The Labute approximate surface area is 384 Å². The van der Waals surface area contributed by atoms with Gasteiger partial charge < -0.3 is 34.1 Å². The van der Waals surface area contributed by atoms with E-state index < -0.39 is 69.7 Å². The maximum absolute atomic E-state index is 15.8. The first kappa shape index (κ1) is 46.2. The molecule has 3 N–H and O–H groups in total. The quantitative estimate of drug-likeness (QED) is 0.105. The number of H-pyrrole nitrogens is 1. The first-order valence-electron chi connectivity index (χ1n) is 22.5. The maximum Gasteiger partial charge on any atom is 0.301 e. The van der Waals surface area contributed by atoms with Crippen LogP contribution in [0.3, 0.4) is 0 Å². The van der Waals surface area contributed by atoms with Crippen LogP contribution in [0.25, 0.3) is 22.2 Å². The molecule has 4 saturated heterocycles. The van der Waals surface area contributed by atoms with Gasteiger partial charge in [-0.1, -0.05) is 19.0 Å². The van der Waals surface area contributed by atoms with Crippen molar-refractivity contribution in [3.63, 3.8) is 0 Å². The lowest BCUT2D eigenvalue weighted by Gasteiger charge is -2.38. The Morgan fingerprint density at radius 1 is 0.955 bits per heavy atom. The number of likely N-dealkylation sites (tertiary alicyclic amines) is 1. The van der Waals surface area contributed by atoms with E-state index in [0.717, 1.165) is 81.4 Å². The summed E-state index contributed by atoms with van der Waals surface area (Å²) in [7, 11) is -4.37. The number of rotatable bonds is 14. The van der Waals surface area contributed by atoms with E-state index in [4.69, 9.17) is 4.52 Å². The van der Waals surface area contributed by atoms with Gasteiger partial charge >= 0.3 is 10.2 Å². The number of aliphatic hydroxyl groups excluding tert-OH is 1. The average molecular weight is 948 g/mol. The number of nitrogens with one attached hydrogen (secondary N) is 2. The fraction of sp³-hybridized carbons (Fsp3) is 0.489. The zero-order valence-electron chi connectivity index (χ0n) is 37.0. The SMILES string of the molecule is CC(C)[C@@H](C(=O)N1C[C@H](O)C[C@H]1C=O)c1cc(N2CCN(CC3CCN(c4ncc(-c5cnc6[nH]cc(C(=O)c7c(F)ccc(NS(=O)(=O)N8CC[C@@H](F)C8)c7F)c6c5)cn4)CC3)CC2)no1. The molecule has 4 aliphatic heterocycles. The van der Waals surface area contributed by atoms with Gasteiger partial charge in [0.05, 0.1) is 23.4 Å². The highest BCUT2D eigenvalue weighted by Gasteiger charge is 2.41. The zero-order chi connectivity index (χ0) is 47.1. The highest BCUT2D eigenvalue weighted by atomic mass is 32.2. The normalized spacial score (nSPS) is 21.7. The number of β-amino-alcohol motifs (C(OH)–C–C–N with tert-alkyl or cyclic N) is 1. The molecule has 1 aromatic carbocycles. The molecule has 1 amide bonds. The van der Waals surface area contributed by atoms with Crippen molar-refractivity contribution in [2.75, 3.05) is 80.0 Å². The van der Waals surface area contributed by atoms with E-state index in [9.17, 15) is 32.3 Å². The van der Waals surface area contributed by atoms with Crippen LogP contribution in [0.5, 0.6) is 0 Å². The van der Waals surface area contributed by atoms with Crippen LogP contribution in [0.4, 0.5) is 30.6 Å². The van der Waals surface area contributed by atoms with Crippen LogP contribution in [-0.4, -0.2) is 154 Å². The number of benzene rings is 1. The highest BCUT2D eigenvalue weighted by Crippen LogP contribution is 2.34. The van der Waals surface area contributed by atoms with Gasteiger partial charge in [0.25, 0.3) is 0 Å². The summed E-state index contributed by atoms with van der Waals surface area (Å²) in [5.74, 6) is -2.40. The first-order valence-corrected chi connectivity index (χ1v) is 24.0. The molecule has 356 valence electrons. The van der Waals surface area contributed by atoms with Crippen LogP contribution in [0.2, 0.25) is 0 Å². The molecular weight excluding hydrogens is 896 g/mol. The number of nitrogens with zero attached hydrogens (tertiary/aromatic N) is 9. The van der Waals surface area contributed by atoms with Gasteiger partial charge in [0.1, 0.15) is 29.8 Å². The molecule has 4 aliphatic rings. The van der Waals surface area contributed by atoms with Crippen LogP contribution >= 0.6 is 0 Å². The Morgan fingerprint density at radius 3 is 2.37 bits per heavy atom. The number of carbonyl (C=O) groups is 3. The Bertz CT molecular complexity index is 2740. The summed E-state index contributed by atoms with van der Waals surface area (Å²) in [6.07, 6.45) is 6.95. The van der Waals surface area contributed by atoms with Crippen molar-refractivity contribution in [2.45, 2.75) is 63.8 Å². The van der Waals surface area contributed by atoms with Gasteiger partial charge in [0.15, 0.2) is 17.4 Å². The van der Waals surface area contributed by atoms with Crippen LogP contribution in [0.1, 0.15) is 67.1 Å². The topological polar surface area (TPSA) is 214 Å². The molecule has 4 atom stereocenters. The molecule has 8 heterocycles. The monoisotopic (exact) mass is 947 g/mol. The number of amides is 1.